The Hall–Kier alpha value is -2.90. The minimum absolute atomic E-state index is 0.0592. The molecule has 2 amide bonds. The van der Waals surface area contributed by atoms with Crippen LogP contribution in [0.2, 0.25) is 0 Å². The van der Waals surface area contributed by atoms with E-state index in [-0.39, 0.29) is 17.9 Å². The Bertz CT molecular complexity index is 874. The number of benzene rings is 2. The topological polar surface area (TPSA) is 87.9 Å². The van der Waals surface area contributed by atoms with Crippen molar-refractivity contribution < 1.29 is 14.3 Å². The number of methoxy groups -OCH3 is 1. The summed E-state index contributed by atoms with van der Waals surface area (Å²) in [5.41, 5.74) is 7.84. The van der Waals surface area contributed by atoms with Gasteiger partial charge in [-0.3, -0.25) is 14.5 Å². The highest BCUT2D eigenvalue weighted by molar-refractivity contribution is 5.87. The SMILES string of the molecule is COc1cccc(CN(Cc2ccccc2)C2CC(C(=O)NCCN)N(C(C)=O)C2)c1. The summed E-state index contributed by atoms with van der Waals surface area (Å²) >= 11 is 0. The molecule has 2 unspecified atom stereocenters. The minimum atomic E-state index is -0.474. The molecule has 2 aromatic carbocycles. The van der Waals surface area contributed by atoms with Crippen molar-refractivity contribution in [3.8, 4) is 5.75 Å². The van der Waals surface area contributed by atoms with E-state index in [0.29, 0.717) is 32.6 Å². The first-order valence-corrected chi connectivity index (χ1v) is 10.7. The van der Waals surface area contributed by atoms with E-state index in [1.165, 1.54) is 12.5 Å². The van der Waals surface area contributed by atoms with E-state index in [9.17, 15) is 9.59 Å². The van der Waals surface area contributed by atoms with Crippen LogP contribution in [-0.4, -0.2) is 60.4 Å². The number of hydrogen-bond donors (Lipinski definition) is 2. The maximum atomic E-state index is 12.7. The van der Waals surface area contributed by atoms with Crippen molar-refractivity contribution in [3.63, 3.8) is 0 Å². The van der Waals surface area contributed by atoms with Crippen molar-refractivity contribution in [1.29, 1.82) is 0 Å². The largest absolute Gasteiger partial charge is 0.497 e. The highest BCUT2D eigenvalue weighted by Crippen LogP contribution is 2.26. The predicted octanol–water partition coefficient (Wildman–Crippen LogP) is 1.76. The lowest BCUT2D eigenvalue weighted by Gasteiger charge is -2.29. The molecular weight excluding hydrogens is 392 g/mol. The van der Waals surface area contributed by atoms with Crippen LogP contribution >= 0.6 is 0 Å². The summed E-state index contributed by atoms with van der Waals surface area (Å²) in [7, 11) is 1.66. The quantitative estimate of drug-likeness (QED) is 0.641. The first-order chi connectivity index (χ1) is 15.0. The van der Waals surface area contributed by atoms with E-state index in [2.05, 4.69) is 28.4 Å². The van der Waals surface area contributed by atoms with E-state index in [1.807, 2.05) is 36.4 Å². The average molecular weight is 425 g/mol. The van der Waals surface area contributed by atoms with E-state index in [1.54, 1.807) is 12.0 Å². The summed E-state index contributed by atoms with van der Waals surface area (Å²) in [6, 6.07) is 17.8. The lowest BCUT2D eigenvalue weighted by molar-refractivity contribution is -0.136. The molecule has 1 aliphatic rings. The van der Waals surface area contributed by atoms with Crippen molar-refractivity contribution >= 4 is 11.8 Å². The number of hydrogen-bond acceptors (Lipinski definition) is 5. The van der Waals surface area contributed by atoms with Gasteiger partial charge in [-0.15, -0.1) is 0 Å². The van der Waals surface area contributed by atoms with E-state index in [4.69, 9.17) is 10.5 Å². The molecule has 1 aliphatic heterocycles. The molecule has 0 aliphatic carbocycles. The average Bonchev–Trinajstić information content (AvgIpc) is 3.24. The maximum absolute atomic E-state index is 12.7. The van der Waals surface area contributed by atoms with Crippen LogP contribution < -0.4 is 15.8 Å². The fraction of sp³-hybridized carbons (Fsp3) is 0.417. The standard InChI is InChI=1S/C24H32N4O3/c1-18(29)28-17-21(14-23(28)24(30)26-12-11-25)27(15-19-7-4-3-5-8-19)16-20-9-6-10-22(13-20)31-2/h3-10,13,21,23H,11-12,14-17,25H2,1-2H3,(H,26,30). The third-order valence-electron chi connectivity index (χ3n) is 5.69. The molecule has 3 N–H and O–H groups in total. The fourth-order valence-corrected chi connectivity index (χ4v) is 4.13. The number of nitrogens with one attached hydrogen (secondary N) is 1. The zero-order valence-corrected chi connectivity index (χ0v) is 18.3. The third kappa shape index (κ3) is 6.06. The number of nitrogens with two attached hydrogens (primary N) is 1. The molecule has 7 heteroatoms. The second-order valence-electron chi connectivity index (χ2n) is 7.90. The number of rotatable bonds is 9. The van der Waals surface area contributed by atoms with Gasteiger partial charge >= 0.3 is 0 Å². The lowest BCUT2D eigenvalue weighted by atomic mass is 10.1. The molecule has 166 valence electrons. The van der Waals surface area contributed by atoms with Crippen LogP contribution in [0.4, 0.5) is 0 Å². The van der Waals surface area contributed by atoms with Gasteiger partial charge in [-0.2, -0.15) is 0 Å². The van der Waals surface area contributed by atoms with Gasteiger partial charge in [0, 0.05) is 45.7 Å². The third-order valence-corrected chi connectivity index (χ3v) is 5.69. The number of amides is 2. The first kappa shape index (κ1) is 22.8. The van der Waals surface area contributed by atoms with Gasteiger partial charge in [0.2, 0.25) is 11.8 Å². The van der Waals surface area contributed by atoms with Crippen LogP contribution in [0, 0.1) is 0 Å². The van der Waals surface area contributed by atoms with Crippen LogP contribution in [0.1, 0.15) is 24.5 Å². The second-order valence-corrected chi connectivity index (χ2v) is 7.90. The first-order valence-electron chi connectivity index (χ1n) is 10.7. The molecule has 1 heterocycles. The number of nitrogens with zero attached hydrogens (tertiary/aromatic N) is 2. The normalized spacial score (nSPS) is 18.3. The molecule has 0 bridgehead atoms. The molecule has 2 atom stereocenters. The van der Waals surface area contributed by atoms with Gasteiger partial charge in [0.1, 0.15) is 11.8 Å². The van der Waals surface area contributed by atoms with Crippen LogP contribution in [0.15, 0.2) is 54.6 Å². The molecule has 7 nitrogen and oxygen atoms in total. The molecule has 1 fully saturated rings. The van der Waals surface area contributed by atoms with E-state index in [0.717, 1.165) is 17.9 Å². The van der Waals surface area contributed by atoms with Gasteiger partial charge in [0.25, 0.3) is 0 Å². The Kier molecular flexibility index (Phi) is 8.03. The van der Waals surface area contributed by atoms with Gasteiger partial charge < -0.3 is 20.7 Å². The Morgan fingerprint density at radius 3 is 2.52 bits per heavy atom. The predicted molar refractivity (Wildman–Crippen MR) is 120 cm³/mol. The Morgan fingerprint density at radius 1 is 1.13 bits per heavy atom. The van der Waals surface area contributed by atoms with Crippen molar-refractivity contribution in [3.05, 3.63) is 65.7 Å². The molecule has 1 saturated heterocycles. The minimum Gasteiger partial charge on any atom is -0.497 e. The highest BCUT2D eigenvalue weighted by atomic mass is 16.5. The fourth-order valence-electron chi connectivity index (χ4n) is 4.13. The van der Waals surface area contributed by atoms with Crippen LogP contribution in [0.25, 0.3) is 0 Å². The smallest absolute Gasteiger partial charge is 0.242 e. The summed E-state index contributed by atoms with van der Waals surface area (Å²) in [6.07, 6.45) is 0.590. The van der Waals surface area contributed by atoms with Crippen molar-refractivity contribution in [2.45, 2.75) is 38.5 Å². The molecule has 2 aromatic rings. The summed E-state index contributed by atoms with van der Waals surface area (Å²) in [6.45, 7) is 4.24. The zero-order chi connectivity index (χ0) is 22.2. The second kappa shape index (κ2) is 10.9. The highest BCUT2D eigenvalue weighted by Gasteiger charge is 2.40. The summed E-state index contributed by atoms with van der Waals surface area (Å²) < 4.78 is 5.38. The van der Waals surface area contributed by atoms with Crippen molar-refractivity contribution in [2.75, 3.05) is 26.7 Å². The molecule has 0 radical (unpaired) electrons. The van der Waals surface area contributed by atoms with Crippen LogP contribution in [0.5, 0.6) is 5.75 Å². The summed E-state index contributed by atoms with van der Waals surface area (Å²) in [5.74, 6) is 0.591. The monoisotopic (exact) mass is 424 g/mol. The van der Waals surface area contributed by atoms with Crippen molar-refractivity contribution in [1.82, 2.24) is 15.1 Å². The van der Waals surface area contributed by atoms with E-state index >= 15 is 0 Å². The van der Waals surface area contributed by atoms with E-state index < -0.39 is 6.04 Å². The number of carbonyl (C=O) groups excluding carboxylic acids is 2. The summed E-state index contributed by atoms with van der Waals surface area (Å²) in [5, 5.41) is 2.84. The van der Waals surface area contributed by atoms with Gasteiger partial charge in [0.15, 0.2) is 0 Å². The molecule has 0 aromatic heterocycles. The Morgan fingerprint density at radius 2 is 1.84 bits per heavy atom. The number of ether oxygens (including phenoxy) is 1. The maximum Gasteiger partial charge on any atom is 0.242 e. The molecule has 0 spiro atoms. The van der Waals surface area contributed by atoms with Crippen LogP contribution in [0.3, 0.4) is 0 Å². The lowest BCUT2D eigenvalue weighted by Crippen LogP contribution is -2.46. The number of likely N-dealkylation sites (tertiary alicyclic amines) is 1. The van der Waals surface area contributed by atoms with Crippen LogP contribution in [-0.2, 0) is 22.7 Å². The molecule has 0 saturated carbocycles. The Labute approximate surface area is 184 Å². The van der Waals surface area contributed by atoms with Gasteiger partial charge in [-0.05, 0) is 29.7 Å². The number of carbonyl (C=O) groups is 2. The summed E-state index contributed by atoms with van der Waals surface area (Å²) in [4.78, 5) is 29.0. The van der Waals surface area contributed by atoms with Gasteiger partial charge in [0.05, 0.1) is 7.11 Å². The zero-order valence-electron chi connectivity index (χ0n) is 18.3. The molecule has 3 rings (SSSR count). The molecular formula is C24H32N4O3. The Balaban J connectivity index is 1.83. The van der Waals surface area contributed by atoms with Crippen molar-refractivity contribution in [2.24, 2.45) is 5.73 Å². The van der Waals surface area contributed by atoms with Gasteiger partial charge in [-0.25, -0.2) is 0 Å². The van der Waals surface area contributed by atoms with Gasteiger partial charge in [-0.1, -0.05) is 42.5 Å². The molecule has 31 heavy (non-hydrogen) atoms.